The van der Waals surface area contributed by atoms with E-state index >= 15 is 0 Å². The first kappa shape index (κ1) is 23.7. The lowest BCUT2D eigenvalue weighted by Crippen LogP contribution is -2.46. The van der Waals surface area contributed by atoms with Gasteiger partial charge in [-0.15, -0.1) is 0 Å². The molecule has 1 fully saturated rings. The number of amides is 1. The number of para-hydroxylation sites is 1. The molecule has 1 aliphatic rings. The van der Waals surface area contributed by atoms with Crippen molar-refractivity contribution in [3.8, 4) is 11.5 Å². The second-order valence-corrected chi connectivity index (χ2v) is 9.47. The molecule has 9 heteroatoms. The number of carbonyl (C=O) groups is 1. The summed E-state index contributed by atoms with van der Waals surface area (Å²) in [5, 5.41) is 14.1. The number of phenolic OH excluding ortho intramolecular Hbond substituents is 1. The minimum absolute atomic E-state index is 0.0807. The maximum Gasteiger partial charge on any atom is 0.255 e. The van der Waals surface area contributed by atoms with E-state index in [1.165, 1.54) is 22.7 Å². The Labute approximate surface area is 189 Å². The van der Waals surface area contributed by atoms with Crippen molar-refractivity contribution < 1.29 is 23.1 Å². The van der Waals surface area contributed by atoms with Crippen LogP contribution in [-0.4, -0.2) is 49.1 Å². The van der Waals surface area contributed by atoms with Gasteiger partial charge in [0.05, 0.1) is 24.3 Å². The quantitative estimate of drug-likeness (QED) is 0.442. The second kappa shape index (κ2) is 11.1. The van der Waals surface area contributed by atoms with E-state index in [-0.39, 0.29) is 23.2 Å². The van der Waals surface area contributed by atoms with E-state index in [1.807, 2.05) is 6.92 Å². The third-order valence-electron chi connectivity index (χ3n) is 5.35. The number of phenols is 1. The lowest BCUT2D eigenvalue weighted by Gasteiger charge is -2.32. The highest BCUT2D eigenvalue weighted by Gasteiger charge is 2.33. The van der Waals surface area contributed by atoms with E-state index in [2.05, 4.69) is 10.5 Å². The lowest BCUT2D eigenvalue weighted by atomic mass is 9.95. The van der Waals surface area contributed by atoms with Gasteiger partial charge in [0.25, 0.3) is 5.91 Å². The van der Waals surface area contributed by atoms with Gasteiger partial charge in [-0.25, -0.2) is 13.8 Å². The van der Waals surface area contributed by atoms with Crippen molar-refractivity contribution >= 4 is 22.1 Å². The highest BCUT2D eigenvalue weighted by Crippen LogP contribution is 2.29. The van der Waals surface area contributed by atoms with Crippen molar-refractivity contribution in [3.05, 3.63) is 54.1 Å². The Hall–Kier alpha value is -2.91. The molecule has 1 amide bonds. The largest absolute Gasteiger partial charge is 0.504 e. The van der Waals surface area contributed by atoms with Crippen molar-refractivity contribution in [2.45, 2.75) is 50.0 Å². The Kier molecular flexibility index (Phi) is 8.24. The van der Waals surface area contributed by atoms with E-state index in [1.54, 1.807) is 36.4 Å². The van der Waals surface area contributed by atoms with E-state index in [4.69, 9.17) is 4.74 Å². The average Bonchev–Trinajstić information content (AvgIpc) is 2.81. The molecule has 2 aromatic carbocycles. The average molecular weight is 460 g/mol. The Morgan fingerprint density at radius 1 is 1.16 bits per heavy atom. The van der Waals surface area contributed by atoms with Gasteiger partial charge in [0.15, 0.2) is 11.5 Å². The number of aromatic hydroxyl groups is 1. The van der Waals surface area contributed by atoms with E-state index in [0.29, 0.717) is 17.9 Å². The number of ether oxygens (including phenoxy) is 1. The van der Waals surface area contributed by atoms with Crippen LogP contribution in [0.1, 0.15) is 44.6 Å². The van der Waals surface area contributed by atoms with Crippen molar-refractivity contribution in [2.24, 2.45) is 5.10 Å². The number of carbonyl (C=O) groups excluding carboxylic acids is 1. The molecule has 1 aliphatic carbocycles. The molecule has 2 aromatic rings. The number of hydrogen-bond acceptors (Lipinski definition) is 6. The number of benzene rings is 2. The molecule has 8 nitrogen and oxygen atoms in total. The number of nitrogens with one attached hydrogen (secondary N) is 1. The zero-order valence-corrected chi connectivity index (χ0v) is 18.9. The van der Waals surface area contributed by atoms with Gasteiger partial charge in [-0.2, -0.15) is 9.41 Å². The molecule has 0 bridgehead atoms. The molecule has 0 radical (unpaired) electrons. The SMILES string of the molecule is CCOc1cccc(/C=N\NC(=O)CN(C2CCCCC2)S(=O)(=O)c2ccccc2)c1O. The van der Waals surface area contributed by atoms with Crippen molar-refractivity contribution in [1.82, 2.24) is 9.73 Å². The number of hydrazone groups is 1. The zero-order valence-electron chi connectivity index (χ0n) is 18.1. The van der Waals surface area contributed by atoms with Crippen LogP contribution in [0.2, 0.25) is 0 Å². The van der Waals surface area contributed by atoms with Crippen LogP contribution in [0.15, 0.2) is 58.5 Å². The topological polar surface area (TPSA) is 108 Å². The molecule has 172 valence electrons. The third-order valence-corrected chi connectivity index (χ3v) is 7.27. The summed E-state index contributed by atoms with van der Waals surface area (Å²) >= 11 is 0. The molecule has 0 saturated heterocycles. The van der Waals surface area contributed by atoms with Gasteiger partial charge in [-0.1, -0.05) is 43.5 Å². The van der Waals surface area contributed by atoms with Crippen LogP contribution >= 0.6 is 0 Å². The van der Waals surface area contributed by atoms with Crippen molar-refractivity contribution in [3.63, 3.8) is 0 Å². The number of rotatable bonds is 9. The Morgan fingerprint density at radius 2 is 1.88 bits per heavy atom. The van der Waals surface area contributed by atoms with E-state index in [9.17, 15) is 18.3 Å². The summed E-state index contributed by atoms with van der Waals surface area (Å²) in [6.07, 6.45) is 5.67. The maximum absolute atomic E-state index is 13.3. The van der Waals surface area contributed by atoms with Gasteiger partial charge in [0.1, 0.15) is 0 Å². The summed E-state index contributed by atoms with van der Waals surface area (Å²) in [6, 6.07) is 12.9. The highest BCUT2D eigenvalue weighted by atomic mass is 32.2. The zero-order chi connectivity index (χ0) is 23.0. The fraction of sp³-hybridized carbons (Fsp3) is 0.391. The molecule has 3 rings (SSSR count). The molecular weight excluding hydrogens is 430 g/mol. The molecular formula is C23H29N3O5S. The predicted molar refractivity (Wildman–Crippen MR) is 122 cm³/mol. The van der Waals surface area contributed by atoms with Gasteiger partial charge < -0.3 is 9.84 Å². The van der Waals surface area contributed by atoms with Crippen LogP contribution in [0.5, 0.6) is 11.5 Å². The standard InChI is InChI=1S/C23H29N3O5S/c1-2-31-21-15-9-10-18(23(21)28)16-24-25-22(27)17-26(19-11-5-3-6-12-19)32(29,30)20-13-7-4-8-14-20/h4,7-10,13-16,19,28H,2-3,5-6,11-12,17H2,1H3,(H,25,27)/b24-16-. The van der Waals surface area contributed by atoms with Gasteiger partial charge in [0.2, 0.25) is 10.0 Å². The van der Waals surface area contributed by atoms with Crippen LogP contribution in [0.25, 0.3) is 0 Å². The number of sulfonamides is 1. The molecule has 1 saturated carbocycles. The Balaban J connectivity index is 1.73. The predicted octanol–water partition coefficient (Wildman–Crippen LogP) is 3.26. The fourth-order valence-corrected chi connectivity index (χ4v) is 5.44. The molecule has 2 N–H and O–H groups in total. The van der Waals surface area contributed by atoms with Gasteiger partial charge in [-0.3, -0.25) is 4.79 Å². The van der Waals surface area contributed by atoms with Crippen LogP contribution in [0.4, 0.5) is 0 Å². The molecule has 32 heavy (non-hydrogen) atoms. The first-order chi connectivity index (χ1) is 15.4. The Bertz CT molecular complexity index is 1030. The summed E-state index contributed by atoms with van der Waals surface area (Å²) < 4.78 is 33.2. The van der Waals surface area contributed by atoms with Gasteiger partial charge >= 0.3 is 0 Å². The molecule has 0 aromatic heterocycles. The normalized spacial score (nSPS) is 15.2. The van der Waals surface area contributed by atoms with E-state index < -0.39 is 15.9 Å². The second-order valence-electron chi connectivity index (χ2n) is 7.58. The van der Waals surface area contributed by atoms with Gasteiger partial charge in [-0.05, 0) is 44.0 Å². The summed E-state index contributed by atoms with van der Waals surface area (Å²) in [7, 11) is -3.83. The van der Waals surface area contributed by atoms with Crippen LogP contribution in [-0.2, 0) is 14.8 Å². The Morgan fingerprint density at radius 3 is 2.56 bits per heavy atom. The van der Waals surface area contributed by atoms with Crippen LogP contribution in [0.3, 0.4) is 0 Å². The summed E-state index contributed by atoms with van der Waals surface area (Å²) in [6.45, 7) is 1.88. The maximum atomic E-state index is 13.3. The first-order valence-corrected chi connectivity index (χ1v) is 12.2. The van der Waals surface area contributed by atoms with Crippen molar-refractivity contribution in [2.75, 3.05) is 13.2 Å². The summed E-state index contributed by atoms with van der Waals surface area (Å²) in [5.74, 6) is -0.310. The molecule has 0 heterocycles. The van der Waals surface area contributed by atoms with Crippen LogP contribution < -0.4 is 10.2 Å². The molecule has 0 spiro atoms. The van der Waals surface area contributed by atoms with Crippen molar-refractivity contribution in [1.29, 1.82) is 0 Å². The first-order valence-electron chi connectivity index (χ1n) is 10.8. The highest BCUT2D eigenvalue weighted by molar-refractivity contribution is 7.89. The van der Waals surface area contributed by atoms with E-state index in [0.717, 1.165) is 32.1 Å². The number of nitrogens with zero attached hydrogens (tertiary/aromatic N) is 2. The molecule has 0 atom stereocenters. The molecule has 0 aliphatic heterocycles. The van der Waals surface area contributed by atoms with Gasteiger partial charge in [0, 0.05) is 11.6 Å². The minimum Gasteiger partial charge on any atom is -0.504 e. The summed E-state index contributed by atoms with van der Waals surface area (Å²) in [5.41, 5.74) is 2.75. The fourth-order valence-electron chi connectivity index (χ4n) is 3.77. The van der Waals surface area contributed by atoms with Crippen LogP contribution in [0, 0.1) is 0 Å². The monoisotopic (exact) mass is 459 g/mol. The smallest absolute Gasteiger partial charge is 0.255 e. The number of hydrogen-bond donors (Lipinski definition) is 2. The minimum atomic E-state index is -3.83. The summed E-state index contributed by atoms with van der Waals surface area (Å²) in [4.78, 5) is 12.8. The lowest BCUT2D eigenvalue weighted by molar-refractivity contribution is -0.121. The third kappa shape index (κ3) is 5.86. The molecule has 0 unspecified atom stereocenters.